The van der Waals surface area contributed by atoms with Gasteiger partial charge in [0.15, 0.2) is 0 Å². The zero-order valence-corrected chi connectivity index (χ0v) is 8.51. The molecule has 0 bridgehead atoms. The number of aliphatic hydroxyl groups is 1. The Hall–Kier alpha value is -0.123. The molecule has 1 rings (SSSR count). The monoisotopic (exact) mass is 172 g/mol. The molecule has 64 valence electrons. The van der Waals surface area contributed by atoms with Crippen molar-refractivity contribution in [2.24, 2.45) is 0 Å². The molecule has 1 saturated heterocycles. The fourth-order valence-corrected chi connectivity index (χ4v) is 3.06. The Bertz CT molecular complexity index is 150. The molecular formula is C8H16O2Si. The zero-order valence-electron chi connectivity index (χ0n) is 7.10. The molecule has 0 saturated carbocycles. The van der Waals surface area contributed by atoms with Gasteiger partial charge in [-0.2, -0.15) is 0 Å². The van der Waals surface area contributed by atoms with Crippen LogP contribution in [0.1, 0.15) is 26.2 Å². The van der Waals surface area contributed by atoms with E-state index in [2.05, 4.69) is 6.58 Å². The lowest BCUT2D eigenvalue weighted by Crippen LogP contribution is -2.42. The van der Waals surface area contributed by atoms with Crippen LogP contribution in [0.5, 0.6) is 0 Å². The number of hydrogen-bond donors (Lipinski definition) is 1. The topological polar surface area (TPSA) is 29.5 Å². The summed E-state index contributed by atoms with van der Waals surface area (Å²) in [6, 6.07) is 0. The van der Waals surface area contributed by atoms with Crippen LogP contribution in [0, 0.1) is 0 Å². The fourth-order valence-electron chi connectivity index (χ4n) is 1.45. The molecule has 0 spiro atoms. The van der Waals surface area contributed by atoms with Crippen LogP contribution in [-0.4, -0.2) is 26.6 Å². The molecule has 2 nitrogen and oxygen atoms in total. The van der Waals surface area contributed by atoms with Gasteiger partial charge >= 0.3 is 0 Å². The third kappa shape index (κ3) is 2.77. The minimum absolute atomic E-state index is 0.657. The highest BCUT2D eigenvalue weighted by atomic mass is 28.2. The second-order valence-electron chi connectivity index (χ2n) is 3.39. The van der Waals surface area contributed by atoms with Gasteiger partial charge in [0.1, 0.15) is 14.9 Å². The summed E-state index contributed by atoms with van der Waals surface area (Å²) in [5.41, 5.74) is -0.760. The summed E-state index contributed by atoms with van der Waals surface area (Å²) in [7, 11) is -0.657. The highest BCUT2D eigenvalue weighted by Gasteiger charge is 2.29. The minimum atomic E-state index is -0.760. The highest BCUT2D eigenvalue weighted by molar-refractivity contribution is 6.47. The number of rotatable bonds is 2. The molecule has 0 aliphatic carbocycles. The van der Waals surface area contributed by atoms with Crippen molar-refractivity contribution in [3.8, 4) is 0 Å². The average Bonchev–Trinajstić information content (AvgIpc) is 1.85. The first-order valence-electron chi connectivity index (χ1n) is 4.13. The Balaban J connectivity index is 2.43. The van der Waals surface area contributed by atoms with E-state index in [1.807, 2.05) is 6.92 Å². The summed E-state index contributed by atoms with van der Waals surface area (Å²) in [4.78, 5) is 0. The molecule has 1 aliphatic heterocycles. The first-order chi connectivity index (χ1) is 5.12. The van der Waals surface area contributed by atoms with Crippen molar-refractivity contribution in [1.82, 2.24) is 0 Å². The van der Waals surface area contributed by atoms with E-state index in [0.29, 0.717) is 0 Å². The minimum Gasteiger partial charge on any atom is -0.369 e. The molecule has 1 fully saturated rings. The third-order valence-electron chi connectivity index (χ3n) is 1.91. The Kier molecular flexibility index (Phi) is 2.87. The highest BCUT2D eigenvalue weighted by Crippen LogP contribution is 2.22. The van der Waals surface area contributed by atoms with E-state index in [9.17, 15) is 5.11 Å². The van der Waals surface area contributed by atoms with Crippen LogP contribution in [0.4, 0.5) is 0 Å². The molecule has 0 aromatic heterocycles. The van der Waals surface area contributed by atoms with Crippen molar-refractivity contribution >= 4 is 9.52 Å². The molecule has 0 radical (unpaired) electrons. The second kappa shape index (κ2) is 3.52. The number of hydrogen-bond acceptors (Lipinski definition) is 2. The smallest absolute Gasteiger partial charge is 0.146 e. The van der Waals surface area contributed by atoms with Crippen molar-refractivity contribution in [1.29, 1.82) is 0 Å². The largest absolute Gasteiger partial charge is 0.369 e. The SMILES string of the molecule is C=C(C)[SiH2]C1(O)CCCCO1. The van der Waals surface area contributed by atoms with Gasteiger partial charge in [0.25, 0.3) is 0 Å². The van der Waals surface area contributed by atoms with Gasteiger partial charge < -0.3 is 9.84 Å². The van der Waals surface area contributed by atoms with Crippen LogP contribution in [0.2, 0.25) is 0 Å². The third-order valence-corrected chi connectivity index (χ3v) is 3.62. The van der Waals surface area contributed by atoms with E-state index in [1.54, 1.807) is 0 Å². The molecule has 0 aromatic carbocycles. The lowest BCUT2D eigenvalue weighted by Gasteiger charge is -2.32. The predicted octanol–water partition coefficient (Wildman–Crippen LogP) is 0.535. The molecule has 1 unspecified atom stereocenters. The van der Waals surface area contributed by atoms with Gasteiger partial charge in [-0.3, -0.25) is 0 Å². The van der Waals surface area contributed by atoms with Crippen LogP contribution in [0.25, 0.3) is 0 Å². The van der Waals surface area contributed by atoms with Crippen molar-refractivity contribution in [3.05, 3.63) is 11.8 Å². The Labute approximate surface area is 70.1 Å². The molecule has 1 atom stereocenters. The van der Waals surface area contributed by atoms with Gasteiger partial charge in [0.05, 0.1) is 0 Å². The summed E-state index contributed by atoms with van der Waals surface area (Å²) in [5, 5.41) is 10.9. The van der Waals surface area contributed by atoms with Gasteiger partial charge in [-0.05, 0) is 26.2 Å². The van der Waals surface area contributed by atoms with Crippen LogP contribution < -0.4 is 0 Å². The molecule has 1 N–H and O–H groups in total. The van der Waals surface area contributed by atoms with Crippen molar-refractivity contribution in [3.63, 3.8) is 0 Å². The molecular weight excluding hydrogens is 156 g/mol. The van der Waals surface area contributed by atoms with Crippen molar-refractivity contribution < 1.29 is 9.84 Å². The number of ether oxygens (including phenoxy) is 1. The molecule has 1 heterocycles. The van der Waals surface area contributed by atoms with Gasteiger partial charge in [-0.25, -0.2) is 0 Å². The summed E-state index contributed by atoms with van der Waals surface area (Å²) in [6.07, 6.45) is 3.00. The lowest BCUT2D eigenvalue weighted by molar-refractivity contribution is -0.163. The summed E-state index contributed by atoms with van der Waals surface area (Å²) in [6.45, 7) is 6.51. The molecule has 0 aromatic rings. The van der Waals surface area contributed by atoms with E-state index in [0.717, 1.165) is 31.1 Å². The van der Waals surface area contributed by atoms with Crippen LogP contribution in [0.3, 0.4) is 0 Å². The van der Waals surface area contributed by atoms with Crippen LogP contribution >= 0.6 is 0 Å². The molecule has 11 heavy (non-hydrogen) atoms. The average molecular weight is 172 g/mol. The van der Waals surface area contributed by atoms with Gasteiger partial charge in [-0.1, -0.05) is 5.20 Å². The summed E-state index contributed by atoms with van der Waals surface area (Å²) < 4.78 is 5.33. The standard InChI is InChI=1S/C8H16O2Si/c1-7(2)11-8(9)5-3-4-6-10-8/h9H,1,3-6,11H2,2H3. The molecule has 1 aliphatic rings. The zero-order chi connectivity index (χ0) is 8.32. The Morgan fingerprint density at radius 1 is 1.64 bits per heavy atom. The fraction of sp³-hybridized carbons (Fsp3) is 0.750. The van der Waals surface area contributed by atoms with E-state index >= 15 is 0 Å². The quantitative estimate of drug-likeness (QED) is 0.616. The Morgan fingerprint density at radius 3 is 2.82 bits per heavy atom. The molecule has 0 amide bonds. The van der Waals surface area contributed by atoms with E-state index in [4.69, 9.17) is 4.74 Å². The van der Waals surface area contributed by atoms with Crippen LogP contribution in [0.15, 0.2) is 11.8 Å². The van der Waals surface area contributed by atoms with E-state index in [1.165, 1.54) is 0 Å². The van der Waals surface area contributed by atoms with Gasteiger partial charge in [0.2, 0.25) is 0 Å². The normalized spacial score (nSPS) is 32.9. The van der Waals surface area contributed by atoms with Gasteiger partial charge in [0, 0.05) is 6.61 Å². The first kappa shape index (κ1) is 8.97. The van der Waals surface area contributed by atoms with Gasteiger partial charge in [-0.15, -0.1) is 6.58 Å². The van der Waals surface area contributed by atoms with Crippen LogP contribution in [-0.2, 0) is 4.74 Å². The summed E-state index contributed by atoms with van der Waals surface area (Å²) in [5.74, 6) is 0. The number of allylic oxidation sites excluding steroid dienone is 1. The maximum atomic E-state index is 9.82. The summed E-state index contributed by atoms with van der Waals surface area (Å²) >= 11 is 0. The van der Waals surface area contributed by atoms with Crippen molar-refractivity contribution in [2.75, 3.05) is 6.61 Å². The van der Waals surface area contributed by atoms with E-state index < -0.39 is 14.9 Å². The first-order valence-corrected chi connectivity index (χ1v) is 5.54. The Morgan fingerprint density at radius 2 is 2.36 bits per heavy atom. The van der Waals surface area contributed by atoms with Crippen molar-refractivity contribution in [2.45, 2.75) is 31.6 Å². The molecule has 3 heteroatoms. The predicted molar refractivity (Wildman–Crippen MR) is 48.1 cm³/mol. The lowest BCUT2D eigenvalue weighted by atomic mass is 10.2. The maximum Gasteiger partial charge on any atom is 0.146 e. The second-order valence-corrected chi connectivity index (χ2v) is 6.05. The van der Waals surface area contributed by atoms with E-state index in [-0.39, 0.29) is 0 Å². The maximum absolute atomic E-state index is 9.82.